The third kappa shape index (κ3) is 2.43. The highest BCUT2D eigenvalue weighted by Crippen LogP contribution is 2.23. The van der Waals surface area contributed by atoms with E-state index in [4.69, 9.17) is 9.47 Å². The molecule has 0 amide bonds. The van der Waals surface area contributed by atoms with Crippen molar-refractivity contribution in [2.45, 2.75) is 19.1 Å². The predicted octanol–water partition coefficient (Wildman–Crippen LogP) is 1.67. The van der Waals surface area contributed by atoms with Crippen molar-refractivity contribution in [2.24, 2.45) is 0 Å². The van der Waals surface area contributed by atoms with E-state index in [2.05, 4.69) is 36.5 Å². The van der Waals surface area contributed by atoms with Crippen molar-refractivity contribution >= 4 is 0 Å². The number of likely N-dealkylation sites (N-methyl/N-ethyl adjacent to an activating group) is 1. The molecule has 2 rings (SSSR count). The fraction of sp³-hybridized carbons (Fsp3) is 0.538. The van der Waals surface area contributed by atoms with Crippen LogP contribution in [-0.4, -0.2) is 33.0 Å². The second kappa shape index (κ2) is 5.43. The van der Waals surface area contributed by atoms with E-state index in [0.717, 1.165) is 0 Å². The molecule has 0 saturated carbocycles. The number of hydrogen-bond acceptors (Lipinski definition) is 3. The summed E-state index contributed by atoms with van der Waals surface area (Å²) in [5.41, 5.74) is 2.58. The zero-order valence-corrected chi connectivity index (χ0v) is 9.90. The molecule has 88 valence electrons. The maximum atomic E-state index is 5.75. The summed E-state index contributed by atoms with van der Waals surface area (Å²) in [6, 6.07) is 8.61. The molecule has 1 aliphatic rings. The normalized spacial score (nSPS) is 23.0. The van der Waals surface area contributed by atoms with E-state index in [1.807, 2.05) is 7.05 Å². The number of rotatable bonds is 3. The van der Waals surface area contributed by atoms with Gasteiger partial charge >= 0.3 is 0 Å². The van der Waals surface area contributed by atoms with Crippen LogP contribution in [0.3, 0.4) is 0 Å². The minimum Gasteiger partial charge on any atom is -0.376 e. The number of benzene rings is 1. The average Bonchev–Trinajstić information content (AvgIpc) is 2.34. The van der Waals surface area contributed by atoms with Crippen molar-refractivity contribution in [1.82, 2.24) is 5.32 Å². The molecule has 0 bridgehead atoms. The summed E-state index contributed by atoms with van der Waals surface area (Å²) in [5.74, 6) is 0. The molecule has 16 heavy (non-hydrogen) atoms. The Labute approximate surface area is 96.8 Å². The Morgan fingerprint density at radius 1 is 1.31 bits per heavy atom. The Bertz CT molecular complexity index is 334. The molecule has 0 aliphatic carbocycles. The second-order valence-corrected chi connectivity index (χ2v) is 4.11. The van der Waals surface area contributed by atoms with Gasteiger partial charge in [0.15, 0.2) is 0 Å². The summed E-state index contributed by atoms with van der Waals surface area (Å²) in [6.45, 7) is 4.19. The number of ether oxygens (including phenoxy) is 2. The van der Waals surface area contributed by atoms with Crippen molar-refractivity contribution in [3.8, 4) is 0 Å². The van der Waals surface area contributed by atoms with Gasteiger partial charge in [-0.1, -0.05) is 24.3 Å². The Balaban J connectivity index is 2.18. The molecule has 2 atom stereocenters. The van der Waals surface area contributed by atoms with Gasteiger partial charge in [0.25, 0.3) is 0 Å². The van der Waals surface area contributed by atoms with Gasteiger partial charge in [0.1, 0.15) is 6.10 Å². The van der Waals surface area contributed by atoms with Gasteiger partial charge in [-0.05, 0) is 25.1 Å². The molecule has 1 aromatic carbocycles. The van der Waals surface area contributed by atoms with Crippen molar-refractivity contribution in [3.05, 3.63) is 35.4 Å². The Hall–Kier alpha value is -0.900. The van der Waals surface area contributed by atoms with Crippen LogP contribution in [-0.2, 0) is 9.47 Å². The molecular weight excluding hydrogens is 202 g/mol. The van der Waals surface area contributed by atoms with Crippen LogP contribution in [0.4, 0.5) is 0 Å². The van der Waals surface area contributed by atoms with E-state index in [0.29, 0.717) is 19.8 Å². The molecule has 1 aromatic rings. The summed E-state index contributed by atoms with van der Waals surface area (Å²) in [6.07, 6.45) is 0.111. The molecule has 1 fully saturated rings. The lowest BCUT2D eigenvalue weighted by Gasteiger charge is -2.31. The van der Waals surface area contributed by atoms with Crippen LogP contribution >= 0.6 is 0 Å². The standard InChI is InChI=1S/C13H19NO2/c1-10-5-3-4-6-11(10)13(14-2)12-9-15-7-8-16-12/h3-6,12-14H,7-9H2,1-2H3. The van der Waals surface area contributed by atoms with Gasteiger partial charge in [-0.15, -0.1) is 0 Å². The summed E-state index contributed by atoms with van der Waals surface area (Å²) in [4.78, 5) is 0. The molecular formula is C13H19NO2. The van der Waals surface area contributed by atoms with E-state index in [-0.39, 0.29) is 12.1 Å². The van der Waals surface area contributed by atoms with Gasteiger partial charge in [0.05, 0.1) is 25.9 Å². The zero-order chi connectivity index (χ0) is 11.4. The third-order valence-corrected chi connectivity index (χ3v) is 3.05. The highest BCUT2D eigenvalue weighted by Gasteiger charge is 2.25. The molecule has 0 radical (unpaired) electrons. The van der Waals surface area contributed by atoms with E-state index in [1.165, 1.54) is 11.1 Å². The van der Waals surface area contributed by atoms with Crippen LogP contribution in [0.25, 0.3) is 0 Å². The quantitative estimate of drug-likeness (QED) is 0.842. The number of aryl methyl sites for hydroxylation is 1. The van der Waals surface area contributed by atoms with Gasteiger partial charge in [-0.25, -0.2) is 0 Å². The van der Waals surface area contributed by atoms with Crippen molar-refractivity contribution in [1.29, 1.82) is 0 Å². The van der Waals surface area contributed by atoms with Gasteiger partial charge in [-0.2, -0.15) is 0 Å². The summed E-state index contributed by atoms with van der Waals surface area (Å²) in [7, 11) is 1.97. The largest absolute Gasteiger partial charge is 0.376 e. The van der Waals surface area contributed by atoms with Gasteiger partial charge in [0, 0.05) is 0 Å². The first-order chi connectivity index (χ1) is 7.83. The lowest BCUT2D eigenvalue weighted by molar-refractivity contribution is -0.101. The lowest BCUT2D eigenvalue weighted by Crippen LogP contribution is -2.39. The van der Waals surface area contributed by atoms with Crippen LogP contribution < -0.4 is 5.32 Å². The fourth-order valence-electron chi connectivity index (χ4n) is 2.18. The van der Waals surface area contributed by atoms with E-state index >= 15 is 0 Å². The van der Waals surface area contributed by atoms with Crippen LogP contribution in [0.5, 0.6) is 0 Å². The molecule has 0 aromatic heterocycles. The molecule has 1 aliphatic heterocycles. The number of nitrogens with one attached hydrogen (secondary N) is 1. The lowest BCUT2D eigenvalue weighted by atomic mass is 9.97. The van der Waals surface area contributed by atoms with E-state index in [1.54, 1.807) is 0 Å². The molecule has 1 heterocycles. The zero-order valence-electron chi connectivity index (χ0n) is 9.90. The Morgan fingerprint density at radius 2 is 2.12 bits per heavy atom. The molecule has 0 spiro atoms. The summed E-state index contributed by atoms with van der Waals surface area (Å²) >= 11 is 0. The predicted molar refractivity (Wildman–Crippen MR) is 63.5 cm³/mol. The Kier molecular flexibility index (Phi) is 3.93. The summed E-state index contributed by atoms with van der Waals surface area (Å²) in [5, 5.41) is 3.32. The molecule has 1 N–H and O–H groups in total. The smallest absolute Gasteiger partial charge is 0.100 e. The first kappa shape index (κ1) is 11.6. The SMILES string of the molecule is CNC(c1ccccc1C)C1COCCO1. The van der Waals surface area contributed by atoms with Gasteiger partial charge in [0.2, 0.25) is 0 Å². The monoisotopic (exact) mass is 221 g/mol. The molecule has 3 nitrogen and oxygen atoms in total. The first-order valence-electron chi connectivity index (χ1n) is 5.75. The van der Waals surface area contributed by atoms with Crippen LogP contribution in [0.2, 0.25) is 0 Å². The third-order valence-electron chi connectivity index (χ3n) is 3.05. The van der Waals surface area contributed by atoms with Crippen LogP contribution in [0.15, 0.2) is 24.3 Å². The van der Waals surface area contributed by atoms with Gasteiger partial charge < -0.3 is 14.8 Å². The molecule has 3 heteroatoms. The highest BCUT2D eigenvalue weighted by atomic mass is 16.6. The minimum atomic E-state index is 0.111. The first-order valence-corrected chi connectivity index (χ1v) is 5.75. The van der Waals surface area contributed by atoms with Crippen molar-refractivity contribution < 1.29 is 9.47 Å². The maximum absolute atomic E-state index is 5.75. The van der Waals surface area contributed by atoms with E-state index in [9.17, 15) is 0 Å². The van der Waals surface area contributed by atoms with Gasteiger partial charge in [-0.3, -0.25) is 0 Å². The second-order valence-electron chi connectivity index (χ2n) is 4.11. The van der Waals surface area contributed by atoms with Crippen LogP contribution in [0, 0.1) is 6.92 Å². The molecule has 1 saturated heterocycles. The maximum Gasteiger partial charge on any atom is 0.100 e. The summed E-state index contributed by atoms with van der Waals surface area (Å²) < 4.78 is 11.2. The highest BCUT2D eigenvalue weighted by molar-refractivity contribution is 5.29. The van der Waals surface area contributed by atoms with Crippen molar-refractivity contribution in [3.63, 3.8) is 0 Å². The minimum absolute atomic E-state index is 0.111. The Morgan fingerprint density at radius 3 is 2.75 bits per heavy atom. The van der Waals surface area contributed by atoms with Crippen LogP contribution in [0.1, 0.15) is 17.2 Å². The number of hydrogen-bond donors (Lipinski definition) is 1. The fourth-order valence-corrected chi connectivity index (χ4v) is 2.18. The topological polar surface area (TPSA) is 30.5 Å². The average molecular weight is 221 g/mol. The van der Waals surface area contributed by atoms with Crippen molar-refractivity contribution in [2.75, 3.05) is 26.9 Å². The van der Waals surface area contributed by atoms with E-state index < -0.39 is 0 Å². The molecule has 2 unspecified atom stereocenters.